The number of morpholine rings is 1. The second kappa shape index (κ2) is 4.82. The van der Waals surface area contributed by atoms with Crippen LogP contribution in [0.15, 0.2) is 11.8 Å². The molecule has 3 aliphatic rings. The van der Waals surface area contributed by atoms with E-state index in [-0.39, 0.29) is 23.8 Å². The summed E-state index contributed by atoms with van der Waals surface area (Å²) in [7, 11) is 0. The highest BCUT2D eigenvalue weighted by Gasteiger charge is 2.47. The lowest BCUT2D eigenvalue weighted by Gasteiger charge is -2.44. The molecular weight excluding hydrogens is 242 g/mol. The number of carbonyl (C=O) groups excluding carboxylic acids is 1. The van der Waals surface area contributed by atoms with Crippen LogP contribution in [-0.4, -0.2) is 41.8 Å². The molecule has 0 aromatic heterocycles. The highest BCUT2D eigenvalue weighted by Crippen LogP contribution is 2.43. The maximum absolute atomic E-state index is 11.8. The van der Waals surface area contributed by atoms with Crippen LogP contribution in [0.2, 0.25) is 0 Å². The van der Waals surface area contributed by atoms with Gasteiger partial charge < -0.3 is 14.4 Å². The van der Waals surface area contributed by atoms with Gasteiger partial charge >= 0.3 is 5.97 Å². The first-order chi connectivity index (χ1) is 9.09. The van der Waals surface area contributed by atoms with Gasteiger partial charge in [-0.25, -0.2) is 4.79 Å². The average molecular weight is 265 g/mol. The zero-order valence-corrected chi connectivity index (χ0v) is 11.9. The summed E-state index contributed by atoms with van der Waals surface area (Å²) < 4.78 is 11.5. The zero-order valence-electron chi connectivity index (χ0n) is 11.9. The molecule has 0 amide bonds. The lowest BCUT2D eigenvalue weighted by atomic mass is 9.82. The van der Waals surface area contributed by atoms with Gasteiger partial charge in [0.15, 0.2) is 5.60 Å². The number of esters is 1. The van der Waals surface area contributed by atoms with E-state index in [1.165, 1.54) is 6.42 Å². The van der Waals surface area contributed by atoms with Gasteiger partial charge in [0.1, 0.15) is 0 Å². The van der Waals surface area contributed by atoms with Gasteiger partial charge in [-0.05, 0) is 39.5 Å². The Kier molecular flexibility index (Phi) is 3.29. The lowest BCUT2D eigenvalue weighted by Crippen LogP contribution is -2.50. The first-order valence-electron chi connectivity index (χ1n) is 7.45. The Hall–Kier alpha value is -1.03. The van der Waals surface area contributed by atoms with Crippen LogP contribution in [0.3, 0.4) is 0 Å². The van der Waals surface area contributed by atoms with Gasteiger partial charge in [-0.2, -0.15) is 0 Å². The summed E-state index contributed by atoms with van der Waals surface area (Å²) >= 11 is 0. The number of carbonyl (C=O) groups is 1. The molecule has 19 heavy (non-hydrogen) atoms. The molecule has 2 atom stereocenters. The van der Waals surface area contributed by atoms with Crippen molar-refractivity contribution < 1.29 is 14.3 Å². The molecule has 1 aliphatic carbocycles. The fourth-order valence-corrected chi connectivity index (χ4v) is 3.75. The average Bonchev–Trinajstić information content (AvgIpc) is 2.65. The van der Waals surface area contributed by atoms with Crippen molar-refractivity contribution in [1.29, 1.82) is 0 Å². The Bertz CT molecular complexity index is 388. The van der Waals surface area contributed by atoms with Gasteiger partial charge in [0.2, 0.25) is 0 Å². The van der Waals surface area contributed by atoms with Crippen LogP contribution >= 0.6 is 0 Å². The van der Waals surface area contributed by atoms with E-state index in [4.69, 9.17) is 9.47 Å². The molecule has 0 aromatic carbocycles. The van der Waals surface area contributed by atoms with Crippen LogP contribution in [0.1, 0.15) is 46.0 Å². The van der Waals surface area contributed by atoms with E-state index >= 15 is 0 Å². The zero-order chi connectivity index (χ0) is 13.5. The number of rotatable bonds is 1. The Balaban J connectivity index is 1.84. The third-order valence-corrected chi connectivity index (χ3v) is 4.44. The van der Waals surface area contributed by atoms with Crippen LogP contribution < -0.4 is 0 Å². The van der Waals surface area contributed by atoms with Crippen molar-refractivity contribution in [1.82, 2.24) is 4.90 Å². The van der Waals surface area contributed by atoms with Crippen molar-refractivity contribution in [3.8, 4) is 0 Å². The minimum Gasteiger partial charge on any atom is -0.449 e. The van der Waals surface area contributed by atoms with Crippen molar-refractivity contribution in [3.63, 3.8) is 0 Å². The van der Waals surface area contributed by atoms with E-state index in [1.807, 2.05) is 0 Å². The minimum absolute atomic E-state index is 0.163. The Morgan fingerprint density at radius 2 is 1.79 bits per heavy atom. The van der Waals surface area contributed by atoms with E-state index in [0.717, 1.165) is 44.5 Å². The molecule has 0 bridgehead atoms. The SMILES string of the molecule is C[C@H]1CN(C2=CC(=O)OC23CCCCC3)C[C@H](C)O1. The third-order valence-electron chi connectivity index (χ3n) is 4.44. The van der Waals surface area contributed by atoms with Gasteiger partial charge in [-0.1, -0.05) is 6.42 Å². The molecule has 0 aromatic rings. The predicted octanol–water partition coefficient (Wildman–Crippen LogP) is 2.24. The number of nitrogens with zero attached hydrogens (tertiary/aromatic N) is 1. The van der Waals surface area contributed by atoms with Crippen LogP contribution in [-0.2, 0) is 14.3 Å². The fourth-order valence-electron chi connectivity index (χ4n) is 3.75. The third kappa shape index (κ3) is 2.38. The van der Waals surface area contributed by atoms with E-state index in [0.29, 0.717) is 0 Å². The topological polar surface area (TPSA) is 38.8 Å². The molecule has 2 fully saturated rings. The molecule has 4 nitrogen and oxygen atoms in total. The molecule has 1 saturated heterocycles. The highest BCUT2D eigenvalue weighted by atomic mass is 16.6. The molecule has 2 aliphatic heterocycles. The number of hydrogen-bond acceptors (Lipinski definition) is 4. The van der Waals surface area contributed by atoms with Crippen LogP contribution in [0, 0.1) is 0 Å². The molecule has 0 radical (unpaired) electrons. The molecule has 2 heterocycles. The molecule has 0 N–H and O–H groups in total. The number of ether oxygens (including phenoxy) is 2. The molecule has 1 spiro atoms. The van der Waals surface area contributed by atoms with Crippen LogP contribution in [0.25, 0.3) is 0 Å². The summed E-state index contributed by atoms with van der Waals surface area (Å²) in [6.45, 7) is 5.89. The summed E-state index contributed by atoms with van der Waals surface area (Å²) in [5.41, 5.74) is 0.783. The first kappa shape index (κ1) is 13.0. The van der Waals surface area contributed by atoms with E-state index in [2.05, 4.69) is 18.7 Å². The van der Waals surface area contributed by atoms with Crippen molar-refractivity contribution in [2.24, 2.45) is 0 Å². The molecule has 4 heteroatoms. The second-order valence-corrected chi connectivity index (χ2v) is 6.17. The monoisotopic (exact) mass is 265 g/mol. The van der Waals surface area contributed by atoms with E-state index in [1.54, 1.807) is 6.08 Å². The summed E-state index contributed by atoms with van der Waals surface area (Å²) in [6.07, 6.45) is 7.65. The van der Waals surface area contributed by atoms with Crippen molar-refractivity contribution >= 4 is 5.97 Å². The van der Waals surface area contributed by atoms with Gasteiger partial charge in [-0.3, -0.25) is 0 Å². The van der Waals surface area contributed by atoms with Gasteiger partial charge in [-0.15, -0.1) is 0 Å². The molecule has 1 saturated carbocycles. The summed E-state index contributed by atoms with van der Waals surface area (Å²) in [4.78, 5) is 14.1. The molecule has 106 valence electrons. The van der Waals surface area contributed by atoms with Crippen molar-refractivity contribution in [3.05, 3.63) is 11.8 Å². The van der Waals surface area contributed by atoms with Gasteiger partial charge in [0, 0.05) is 19.2 Å². The summed E-state index contributed by atoms with van der Waals surface area (Å²) in [5.74, 6) is -0.163. The Morgan fingerprint density at radius 1 is 1.16 bits per heavy atom. The Morgan fingerprint density at radius 3 is 2.42 bits per heavy atom. The van der Waals surface area contributed by atoms with Crippen molar-refractivity contribution in [2.45, 2.75) is 63.8 Å². The molecule has 0 unspecified atom stereocenters. The number of hydrogen-bond donors (Lipinski definition) is 0. The van der Waals surface area contributed by atoms with Gasteiger partial charge in [0.25, 0.3) is 0 Å². The predicted molar refractivity (Wildman–Crippen MR) is 71.6 cm³/mol. The smallest absolute Gasteiger partial charge is 0.333 e. The van der Waals surface area contributed by atoms with Crippen LogP contribution in [0.4, 0.5) is 0 Å². The fraction of sp³-hybridized carbons (Fsp3) is 0.800. The minimum atomic E-state index is -0.327. The normalized spacial score (nSPS) is 34.3. The standard InChI is InChI=1S/C15H23NO3/c1-11-9-16(10-12(2)18-11)13-8-14(17)19-15(13)6-4-3-5-7-15/h8,11-12H,3-7,9-10H2,1-2H3/t11-,12-/m0/s1. The molecule has 3 rings (SSSR count). The second-order valence-electron chi connectivity index (χ2n) is 6.17. The van der Waals surface area contributed by atoms with Gasteiger partial charge in [0.05, 0.1) is 17.9 Å². The quantitative estimate of drug-likeness (QED) is 0.682. The summed E-state index contributed by atoms with van der Waals surface area (Å²) in [6, 6.07) is 0. The first-order valence-corrected chi connectivity index (χ1v) is 7.45. The highest BCUT2D eigenvalue weighted by molar-refractivity contribution is 5.86. The van der Waals surface area contributed by atoms with E-state index < -0.39 is 0 Å². The summed E-state index contributed by atoms with van der Waals surface area (Å²) in [5, 5.41) is 0. The Labute approximate surface area is 114 Å². The maximum atomic E-state index is 11.8. The molecular formula is C15H23NO3. The van der Waals surface area contributed by atoms with Crippen molar-refractivity contribution in [2.75, 3.05) is 13.1 Å². The van der Waals surface area contributed by atoms with E-state index in [9.17, 15) is 4.79 Å². The maximum Gasteiger partial charge on any atom is 0.333 e. The van der Waals surface area contributed by atoms with Crippen LogP contribution in [0.5, 0.6) is 0 Å². The largest absolute Gasteiger partial charge is 0.449 e. The lowest BCUT2D eigenvalue weighted by molar-refractivity contribution is -0.150.